The molecule has 2 amide bonds. The molecule has 0 radical (unpaired) electrons. The summed E-state index contributed by atoms with van der Waals surface area (Å²) in [6, 6.07) is -0.292. The first-order valence-electron chi connectivity index (χ1n) is 5.98. The lowest BCUT2D eigenvalue weighted by molar-refractivity contribution is -0.146. The molecule has 17 heavy (non-hydrogen) atoms. The van der Waals surface area contributed by atoms with E-state index in [-0.39, 0.29) is 12.6 Å². The van der Waals surface area contributed by atoms with Crippen LogP contribution in [0.1, 0.15) is 26.2 Å². The topological polar surface area (TPSA) is 89.9 Å². The number of hydrogen-bond acceptors (Lipinski definition) is 3. The maximum Gasteiger partial charge on any atom is 0.334 e. The van der Waals surface area contributed by atoms with E-state index in [0.717, 1.165) is 19.3 Å². The fourth-order valence-corrected chi connectivity index (χ4v) is 1.93. The molecule has 6 heteroatoms. The third kappa shape index (κ3) is 4.22. The number of carboxylic acids is 1. The lowest BCUT2D eigenvalue weighted by Crippen LogP contribution is -2.47. The average molecular weight is 244 g/mol. The van der Waals surface area contributed by atoms with Crippen LogP contribution in [-0.4, -0.2) is 52.9 Å². The second-order valence-electron chi connectivity index (χ2n) is 4.38. The highest BCUT2D eigenvalue weighted by Gasteiger charge is 2.22. The van der Waals surface area contributed by atoms with Crippen LogP contribution >= 0.6 is 0 Å². The van der Waals surface area contributed by atoms with Crippen molar-refractivity contribution in [1.82, 2.24) is 10.2 Å². The number of aliphatic carboxylic acids is 1. The Morgan fingerprint density at radius 1 is 1.41 bits per heavy atom. The highest BCUT2D eigenvalue weighted by molar-refractivity contribution is 5.76. The van der Waals surface area contributed by atoms with E-state index in [1.807, 2.05) is 0 Å². The zero-order chi connectivity index (χ0) is 12.8. The van der Waals surface area contributed by atoms with E-state index >= 15 is 0 Å². The van der Waals surface area contributed by atoms with Crippen LogP contribution in [-0.2, 0) is 4.79 Å². The molecule has 1 aliphatic heterocycles. The van der Waals surface area contributed by atoms with Crippen LogP contribution in [0, 0.1) is 5.92 Å². The Morgan fingerprint density at radius 2 is 2.00 bits per heavy atom. The van der Waals surface area contributed by atoms with E-state index in [4.69, 9.17) is 10.2 Å². The molecule has 1 heterocycles. The first-order chi connectivity index (χ1) is 8.04. The Labute approximate surface area is 101 Å². The summed E-state index contributed by atoms with van der Waals surface area (Å²) >= 11 is 0. The van der Waals surface area contributed by atoms with E-state index in [1.165, 1.54) is 0 Å². The summed E-state index contributed by atoms with van der Waals surface area (Å²) in [6.45, 7) is 3.30. The van der Waals surface area contributed by atoms with Gasteiger partial charge in [-0.3, -0.25) is 0 Å². The molecule has 0 spiro atoms. The number of aliphatic hydroxyl groups is 1. The van der Waals surface area contributed by atoms with Crippen molar-refractivity contribution in [2.75, 3.05) is 19.6 Å². The number of rotatable bonds is 4. The molecule has 1 atom stereocenters. The standard InChI is InChI=1S/C11H20N2O4/c1-2-8-3-5-13(6-4-8)11(17)12-7-9(14)10(15)16/h8-9,14H,2-7H2,1H3,(H,12,17)(H,15,16). The minimum atomic E-state index is -1.54. The highest BCUT2D eigenvalue weighted by atomic mass is 16.4. The number of hydrogen-bond donors (Lipinski definition) is 3. The van der Waals surface area contributed by atoms with Crippen LogP contribution in [0.5, 0.6) is 0 Å². The van der Waals surface area contributed by atoms with Gasteiger partial charge in [-0.2, -0.15) is 0 Å². The van der Waals surface area contributed by atoms with Crippen molar-refractivity contribution in [2.24, 2.45) is 5.92 Å². The maximum atomic E-state index is 11.6. The van der Waals surface area contributed by atoms with Crippen LogP contribution in [0.4, 0.5) is 4.79 Å². The second-order valence-corrected chi connectivity index (χ2v) is 4.38. The Balaban J connectivity index is 2.27. The third-order valence-corrected chi connectivity index (χ3v) is 3.21. The summed E-state index contributed by atoms with van der Waals surface area (Å²) in [5.74, 6) is -0.640. The van der Waals surface area contributed by atoms with Gasteiger partial charge in [0.2, 0.25) is 0 Å². The molecule has 0 aliphatic carbocycles. The largest absolute Gasteiger partial charge is 0.479 e. The number of carbonyl (C=O) groups excluding carboxylic acids is 1. The first kappa shape index (κ1) is 13.8. The molecule has 3 N–H and O–H groups in total. The molecule has 1 saturated heterocycles. The van der Waals surface area contributed by atoms with Crippen LogP contribution in [0.25, 0.3) is 0 Å². The SMILES string of the molecule is CCC1CCN(C(=O)NCC(O)C(=O)O)CC1. The zero-order valence-electron chi connectivity index (χ0n) is 10.1. The van der Waals surface area contributed by atoms with Gasteiger partial charge in [-0.15, -0.1) is 0 Å². The molecule has 6 nitrogen and oxygen atoms in total. The van der Waals surface area contributed by atoms with Crippen molar-refractivity contribution in [2.45, 2.75) is 32.3 Å². The van der Waals surface area contributed by atoms with Gasteiger partial charge in [-0.05, 0) is 18.8 Å². The van der Waals surface area contributed by atoms with Crippen molar-refractivity contribution >= 4 is 12.0 Å². The minimum absolute atomic E-state index is 0.248. The fourth-order valence-electron chi connectivity index (χ4n) is 1.93. The molecule has 1 aliphatic rings. The Hall–Kier alpha value is -1.30. The van der Waals surface area contributed by atoms with Crippen LogP contribution in [0.2, 0.25) is 0 Å². The smallest absolute Gasteiger partial charge is 0.334 e. The maximum absolute atomic E-state index is 11.6. The Bertz CT molecular complexity index is 275. The average Bonchev–Trinajstić information content (AvgIpc) is 2.35. The second kappa shape index (κ2) is 6.44. The van der Waals surface area contributed by atoms with Gasteiger partial charge in [0.25, 0.3) is 0 Å². The summed E-state index contributed by atoms with van der Waals surface area (Å²) in [7, 11) is 0. The van der Waals surface area contributed by atoms with E-state index in [1.54, 1.807) is 4.90 Å². The van der Waals surface area contributed by atoms with E-state index in [2.05, 4.69) is 12.2 Å². The molecule has 0 saturated carbocycles. The van der Waals surface area contributed by atoms with Crippen LogP contribution < -0.4 is 5.32 Å². The number of urea groups is 1. The molecule has 1 unspecified atom stereocenters. The summed E-state index contributed by atoms with van der Waals surface area (Å²) in [6.07, 6.45) is 1.58. The summed E-state index contributed by atoms with van der Waals surface area (Å²) < 4.78 is 0. The fraction of sp³-hybridized carbons (Fsp3) is 0.818. The van der Waals surface area contributed by atoms with Crippen molar-refractivity contribution in [3.05, 3.63) is 0 Å². The van der Waals surface area contributed by atoms with Crippen LogP contribution in [0.15, 0.2) is 0 Å². The molecular formula is C11H20N2O4. The van der Waals surface area contributed by atoms with Gasteiger partial charge < -0.3 is 20.4 Å². The third-order valence-electron chi connectivity index (χ3n) is 3.21. The molecule has 0 aromatic heterocycles. The van der Waals surface area contributed by atoms with Gasteiger partial charge in [0.1, 0.15) is 0 Å². The Morgan fingerprint density at radius 3 is 2.47 bits per heavy atom. The number of carboxylic acid groups (broad SMARTS) is 1. The first-order valence-corrected chi connectivity index (χ1v) is 5.98. The lowest BCUT2D eigenvalue weighted by Gasteiger charge is -2.31. The summed E-state index contributed by atoms with van der Waals surface area (Å²) in [5, 5.41) is 19.9. The van der Waals surface area contributed by atoms with Crippen molar-refractivity contribution in [3.63, 3.8) is 0 Å². The predicted octanol–water partition coefficient (Wildman–Crippen LogP) is 0.263. The van der Waals surface area contributed by atoms with Crippen molar-refractivity contribution < 1.29 is 19.8 Å². The number of carbonyl (C=O) groups is 2. The number of likely N-dealkylation sites (tertiary alicyclic amines) is 1. The monoisotopic (exact) mass is 244 g/mol. The van der Waals surface area contributed by atoms with E-state index in [9.17, 15) is 9.59 Å². The number of aliphatic hydroxyl groups excluding tert-OH is 1. The van der Waals surface area contributed by atoms with Crippen molar-refractivity contribution in [3.8, 4) is 0 Å². The molecule has 0 bridgehead atoms. The van der Waals surface area contributed by atoms with Gasteiger partial charge in [0.15, 0.2) is 6.10 Å². The van der Waals surface area contributed by atoms with Gasteiger partial charge in [-0.25, -0.2) is 9.59 Å². The predicted molar refractivity (Wildman–Crippen MR) is 61.6 cm³/mol. The zero-order valence-corrected chi connectivity index (χ0v) is 10.1. The van der Waals surface area contributed by atoms with Gasteiger partial charge >= 0.3 is 12.0 Å². The minimum Gasteiger partial charge on any atom is -0.479 e. The summed E-state index contributed by atoms with van der Waals surface area (Å²) in [5.41, 5.74) is 0. The Kier molecular flexibility index (Phi) is 5.21. The molecular weight excluding hydrogens is 224 g/mol. The number of amides is 2. The number of nitrogens with zero attached hydrogens (tertiary/aromatic N) is 1. The summed E-state index contributed by atoms with van der Waals surface area (Å²) in [4.78, 5) is 23.7. The molecule has 1 fully saturated rings. The van der Waals surface area contributed by atoms with E-state index < -0.39 is 12.1 Å². The molecule has 0 aromatic carbocycles. The van der Waals surface area contributed by atoms with Gasteiger partial charge in [0, 0.05) is 13.1 Å². The quantitative estimate of drug-likeness (QED) is 0.662. The highest BCUT2D eigenvalue weighted by Crippen LogP contribution is 2.19. The molecule has 98 valence electrons. The van der Waals surface area contributed by atoms with Crippen molar-refractivity contribution in [1.29, 1.82) is 0 Å². The molecule has 0 aromatic rings. The normalized spacial score (nSPS) is 18.8. The number of piperidine rings is 1. The van der Waals surface area contributed by atoms with Crippen LogP contribution in [0.3, 0.4) is 0 Å². The van der Waals surface area contributed by atoms with Gasteiger partial charge in [-0.1, -0.05) is 13.3 Å². The lowest BCUT2D eigenvalue weighted by atomic mass is 9.95. The molecule has 1 rings (SSSR count). The number of nitrogens with one attached hydrogen (secondary N) is 1. The van der Waals surface area contributed by atoms with E-state index in [0.29, 0.717) is 19.0 Å². The van der Waals surface area contributed by atoms with Gasteiger partial charge in [0.05, 0.1) is 6.54 Å².